The van der Waals surface area contributed by atoms with Gasteiger partial charge in [0, 0.05) is 12.1 Å². The van der Waals surface area contributed by atoms with E-state index in [1.165, 1.54) is 0 Å². The van der Waals surface area contributed by atoms with E-state index in [0.29, 0.717) is 12.2 Å². The van der Waals surface area contributed by atoms with Crippen LogP contribution in [-0.4, -0.2) is 31.7 Å². The van der Waals surface area contributed by atoms with E-state index < -0.39 is 6.61 Å². The quantitative estimate of drug-likeness (QED) is 0.807. The number of benzene rings is 1. The summed E-state index contributed by atoms with van der Waals surface area (Å²) < 4.78 is 35.2. The normalized spacial score (nSPS) is 17.8. The molecule has 1 amide bonds. The first kappa shape index (κ1) is 17.5. The van der Waals surface area contributed by atoms with Crippen molar-refractivity contribution in [3.05, 3.63) is 23.8 Å². The molecule has 23 heavy (non-hydrogen) atoms. The molecule has 0 saturated carbocycles. The number of nitrogens with one attached hydrogen (secondary N) is 2. The van der Waals surface area contributed by atoms with Gasteiger partial charge in [-0.2, -0.15) is 8.78 Å². The zero-order valence-electron chi connectivity index (χ0n) is 13.1. The first-order chi connectivity index (χ1) is 11.1. The Morgan fingerprint density at radius 3 is 2.91 bits per heavy atom. The Balaban J connectivity index is 2.05. The van der Waals surface area contributed by atoms with Gasteiger partial charge in [0.2, 0.25) is 5.91 Å². The van der Waals surface area contributed by atoms with E-state index >= 15 is 0 Å². The molecule has 128 valence electrons. The number of amides is 1. The Bertz CT molecular complexity index is 520. The van der Waals surface area contributed by atoms with Gasteiger partial charge in [0.25, 0.3) is 0 Å². The predicted molar refractivity (Wildman–Crippen MR) is 81.7 cm³/mol. The van der Waals surface area contributed by atoms with Crippen LogP contribution >= 0.6 is 0 Å². The zero-order valence-corrected chi connectivity index (χ0v) is 13.1. The number of para-hydroxylation sites is 1. The van der Waals surface area contributed by atoms with Gasteiger partial charge < -0.3 is 20.1 Å². The molecule has 0 radical (unpaired) electrons. The largest absolute Gasteiger partial charge is 0.490 e. The van der Waals surface area contributed by atoms with Crippen molar-refractivity contribution >= 4 is 5.91 Å². The fourth-order valence-corrected chi connectivity index (χ4v) is 2.57. The van der Waals surface area contributed by atoms with Gasteiger partial charge in [-0.1, -0.05) is 18.6 Å². The van der Waals surface area contributed by atoms with Crippen molar-refractivity contribution in [3.63, 3.8) is 0 Å². The molecular weight excluding hydrogens is 306 g/mol. The average molecular weight is 328 g/mol. The maximum atomic E-state index is 12.6. The Morgan fingerprint density at radius 1 is 1.43 bits per heavy atom. The summed E-state index contributed by atoms with van der Waals surface area (Å²) >= 11 is 0. The van der Waals surface area contributed by atoms with Gasteiger partial charge in [0.05, 0.1) is 12.6 Å². The minimum absolute atomic E-state index is 0.0266. The van der Waals surface area contributed by atoms with Crippen LogP contribution in [0.15, 0.2) is 18.2 Å². The van der Waals surface area contributed by atoms with Crippen molar-refractivity contribution in [1.82, 2.24) is 10.6 Å². The van der Waals surface area contributed by atoms with Crippen LogP contribution < -0.4 is 20.1 Å². The van der Waals surface area contributed by atoms with E-state index in [9.17, 15) is 13.6 Å². The molecule has 2 N–H and O–H groups in total. The SMILES string of the molecule is CCOc1cccc(CNC(=O)C2CCCCN2)c1OC(F)F. The first-order valence-corrected chi connectivity index (χ1v) is 7.82. The number of piperidine rings is 1. The maximum absolute atomic E-state index is 12.6. The molecule has 7 heteroatoms. The lowest BCUT2D eigenvalue weighted by molar-refractivity contribution is -0.123. The molecule has 1 aliphatic rings. The van der Waals surface area contributed by atoms with E-state index in [2.05, 4.69) is 15.4 Å². The summed E-state index contributed by atoms with van der Waals surface area (Å²) in [7, 11) is 0. The molecule has 1 aromatic rings. The molecule has 1 fully saturated rings. The van der Waals surface area contributed by atoms with Crippen molar-refractivity contribution in [3.8, 4) is 11.5 Å². The molecular formula is C16H22F2N2O3. The van der Waals surface area contributed by atoms with E-state index in [1.807, 2.05) is 0 Å². The molecule has 0 aliphatic carbocycles. The standard InChI is InChI=1S/C16H22F2N2O3/c1-2-22-13-8-5-6-11(14(13)23-16(17)18)10-20-15(21)12-7-3-4-9-19-12/h5-6,8,12,16,19H,2-4,7,9-10H2,1H3,(H,20,21). The van der Waals surface area contributed by atoms with Gasteiger partial charge in [-0.3, -0.25) is 4.79 Å². The summed E-state index contributed by atoms with van der Waals surface area (Å²) in [5.74, 6) is 0.0890. The Hall–Kier alpha value is -1.89. The molecule has 1 aromatic carbocycles. The van der Waals surface area contributed by atoms with Crippen LogP contribution in [0.2, 0.25) is 0 Å². The number of hydrogen-bond donors (Lipinski definition) is 2. The molecule has 1 atom stereocenters. The van der Waals surface area contributed by atoms with Crippen LogP contribution in [0.5, 0.6) is 11.5 Å². The highest BCUT2D eigenvalue weighted by Gasteiger charge is 2.21. The maximum Gasteiger partial charge on any atom is 0.387 e. The minimum atomic E-state index is -2.95. The molecule has 1 aliphatic heterocycles. The molecule has 5 nitrogen and oxygen atoms in total. The van der Waals surface area contributed by atoms with Crippen molar-refractivity contribution < 1.29 is 23.0 Å². The van der Waals surface area contributed by atoms with E-state index in [0.717, 1.165) is 25.8 Å². The summed E-state index contributed by atoms with van der Waals surface area (Å²) in [5, 5.41) is 5.92. The fraction of sp³-hybridized carbons (Fsp3) is 0.562. The van der Waals surface area contributed by atoms with Crippen LogP contribution in [0.1, 0.15) is 31.7 Å². The van der Waals surface area contributed by atoms with Crippen molar-refractivity contribution in [2.75, 3.05) is 13.2 Å². The smallest absolute Gasteiger partial charge is 0.387 e. The number of carbonyl (C=O) groups excluding carboxylic acids is 1. The van der Waals surface area contributed by atoms with E-state index in [-0.39, 0.29) is 30.0 Å². The van der Waals surface area contributed by atoms with E-state index in [4.69, 9.17) is 4.74 Å². The van der Waals surface area contributed by atoms with Crippen molar-refractivity contribution in [2.24, 2.45) is 0 Å². The molecule has 1 heterocycles. The van der Waals surface area contributed by atoms with Crippen LogP contribution in [0, 0.1) is 0 Å². The highest BCUT2D eigenvalue weighted by atomic mass is 19.3. The molecule has 2 rings (SSSR count). The predicted octanol–water partition coefficient (Wildman–Crippen LogP) is 2.45. The number of ether oxygens (including phenoxy) is 2. The van der Waals surface area contributed by atoms with Gasteiger partial charge >= 0.3 is 6.61 Å². The van der Waals surface area contributed by atoms with Gasteiger partial charge in [-0.15, -0.1) is 0 Å². The summed E-state index contributed by atoms with van der Waals surface area (Å²) in [6, 6.07) is 4.66. The van der Waals surface area contributed by atoms with Gasteiger partial charge in [0.1, 0.15) is 0 Å². The minimum Gasteiger partial charge on any atom is -0.490 e. The Kier molecular flexibility index (Phi) is 6.58. The van der Waals surface area contributed by atoms with Gasteiger partial charge in [-0.25, -0.2) is 0 Å². The fourth-order valence-electron chi connectivity index (χ4n) is 2.57. The molecule has 0 bridgehead atoms. The number of halogens is 2. The summed E-state index contributed by atoms with van der Waals surface area (Å²) in [4.78, 5) is 12.1. The zero-order chi connectivity index (χ0) is 16.7. The van der Waals surface area contributed by atoms with Gasteiger partial charge in [0.15, 0.2) is 11.5 Å². The van der Waals surface area contributed by atoms with Crippen LogP contribution in [0.4, 0.5) is 8.78 Å². The highest BCUT2D eigenvalue weighted by molar-refractivity contribution is 5.81. The monoisotopic (exact) mass is 328 g/mol. The Morgan fingerprint density at radius 2 is 2.26 bits per heavy atom. The average Bonchev–Trinajstić information content (AvgIpc) is 2.55. The van der Waals surface area contributed by atoms with Crippen LogP contribution in [-0.2, 0) is 11.3 Å². The molecule has 0 aromatic heterocycles. The summed E-state index contributed by atoms with van der Waals surface area (Å²) in [6.07, 6.45) is 2.85. The lowest BCUT2D eigenvalue weighted by Crippen LogP contribution is -2.46. The Labute approximate surface area is 134 Å². The molecule has 1 saturated heterocycles. The first-order valence-electron chi connectivity index (χ1n) is 7.82. The summed E-state index contributed by atoms with van der Waals surface area (Å²) in [5.41, 5.74) is 0.459. The summed E-state index contributed by atoms with van der Waals surface area (Å²) in [6.45, 7) is 0.0695. The number of carbonyl (C=O) groups is 1. The van der Waals surface area contributed by atoms with Crippen LogP contribution in [0.25, 0.3) is 0 Å². The second-order valence-electron chi connectivity index (χ2n) is 5.28. The van der Waals surface area contributed by atoms with Gasteiger partial charge in [-0.05, 0) is 32.4 Å². The number of hydrogen-bond acceptors (Lipinski definition) is 4. The second kappa shape index (κ2) is 8.67. The third-order valence-corrected chi connectivity index (χ3v) is 3.65. The topological polar surface area (TPSA) is 59.6 Å². The third-order valence-electron chi connectivity index (χ3n) is 3.65. The molecule has 0 spiro atoms. The van der Waals surface area contributed by atoms with E-state index in [1.54, 1.807) is 25.1 Å². The number of alkyl halides is 2. The van der Waals surface area contributed by atoms with Crippen molar-refractivity contribution in [1.29, 1.82) is 0 Å². The lowest BCUT2D eigenvalue weighted by atomic mass is 10.0. The number of rotatable bonds is 7. The van der Waals surface area contributed by atoms with Crippen molar-refractivity contribution in [2.45, 2.75) is 45.4 Å². The third kappa shape index (κ3) is 5.06. The highest BCUT2D eigenvalue weighted by Crippen LogP contribution is 2.32. The molecule has 1 unspecified atom stereocenters. The van der Waals surface area contributed by atoms with Crippen LogP contribution in [0.3, 0.4) is 0 Å². The lowest BCUT2D eigenvalue weighted by Gasteiger charge is -2.23. The second-order valence-corrected chi connectivity index (χ2v) is 5.28.